The van der Waals surface area contributed by atoms with Crippen LogP contribution in [0.25, 0.3) is 11.3 Å². The molecule has 1 N–H and O–H groups in total. The van der Waals surface area contributed by atoms with Gasteiger partial charge in [0.1, 0.15) is 11.8 Å². The number of nitrogens with one attached hydrogen (secondary N) is 1. The summed E-state index contributed by atoms with van der Waals surface area (Å²) in [6, 6.07) is 7.03. The van der Waals surface area contributed by atoms with Crippen LogP contribution in [0.5, 0.6) is 0 Å². The Bertz CT molecular complexity index is 845. The van der Waals surface area contributed by atoms with E-state index in [1.54, 1.807) is 0 Å². The molecule has 5 nitrogen and oxygen atoms in total. The zero-order valence-electron chi connectivity index (χ0n) is 14.7. The Morgan fingerprint density at radius 2 is 1.96 bits per heavy atom. The van der Waals surface area contributed by atoms with Gasteiger partial charge in [0.2, 0.25) is 5.91 Å². The number of alkyl halides is 3. The van der Waals surface area contributed by atoms with Gasteiger partial charge in [-0.3, -0.25) is 9.59 Å². The molecule has 27 heavy (non-hydrogen) atoms. The molecule has 0 spiro atoms. The van der Waals surface area contributed by atoms with Crippen molar-refractivity contribution in [1.29, 1.82) is 0 Å². The molecule has 1 unspecified atom stereocenters. The fourth-order valence-corrected chi connectivity index (χ4v) is 3.21. The van der Waals surface area contributed by atoms with E-state index in [4.69, 9.17) is 4.42 Å². The molecule has 1 aromatic heterocycles. The first-order chi connectivity index (χ1) is 12.8. The molecule has 0 saturated carbocycles. The van der Waals surface area contributed by atoms with E-state index in [2.05, 4.69) is 5.32 Å². The molecule has 0 radical (unpaired) electrons. The lowest BCUT2D eigenvalue weighted by atomic mass is 10.0. The molecule has 0 aliphatic carbocycles. The maximum absolute atomic E-state index is 12.9. The van der Waals surface area contributed by atoms with Gasteiger partial charge in [-0.25, -0.2) is 0 Å². The first-order valence-corrected chi connectivity index (χ1v) is 8.61. The van der Waals surface area contributed by atoms with E-state index in [9.17, 15) is 22.8 Å². The number of furan rings is 1. The van der Waals surface area contributed by atoms with Crippen LogP contribution in [0, 0.1) is 0 Å². The lowest BCUT2D eigenvalue weighted by Gasteiger charge is -2.33. The number of carbonyl (C=O) groups is 2. The highest BCUT2D eigenvalue weighted by molar-refractivity contribution is 5.96. The first kappa shape index (κ1) is 19.0. The summed E-state index contributed by atoms with van der Waals surface area (Å²) in [5.74, 6) is -0.523. The van der Waals surface area contributed by atoms with E-state index in [0.717, 1.165) is 25.0 Å². The van der Waals surface area contributed by atoms with Crippen molar-refractivity contribution in [2.24, 2.45) is 0 Å². The minimum absolute atomic E-state index is 0.00165. The topological polar surface area (TPSA) is 62.6 Å². The average molecular weight is 380 g/mol. The van der Waals surface area contributed by atoms with E-state index in [1.165, 1.54) is 36.2 Å². The summed E-state index contributed by atoms with van der Waals surface area (Å²) in [6.45, 7) is 0.427. The van der Waals surface area contributed by atoms with Crippen molar-refractivity contribution in [3.63, 3.8) is 0 Å². The molecule has 2 aromatic rings. The average Bonchev–Trinajstić information content (AvgIpc) is 3.16. The van der Waals surface area contributed by atoms with Crippen molar-refractivity contribution >= 4 is 11.8 Å². The SMILES string of the molecule is CNC(=O)C1CCCCN1C(=O)c1ccc(-c2cccc(C(F)(F)F)c2)o1. The zero-order chi connectivity index (χ0) is 19.6. The van der Waals surface area contributed by atoms with Crippen LogP contribution in [0.1, 0.15) is 35.4 Å². The number of benzene rings is 1. The van der Waals surface area contributed by atoms with Gasteiger partial charge in [0.05, 0.1) is 5.56 Å². The fourth-order valence-electron chi connectivity index (χ4n) is 3.21. The standard InChI is InChI=1S/C19H19F3N2O3/c1-23-17(25)14-7-2-3-10-24(14)18(26)16-9-8-15(27-16)12-5-4-6-13(11-12)19(20,21)22/h4-6,8-9,11,14H,2-3,7,10H2,1H3,(H,23,25). The number of amides is 2. The third kappa shape index (κ3) is 3.99. The summed E-state index contributed by atoms with van der Waals surface area (Å²) >= 11 is 0. The van der Waals surface area contributed by atoms with Crippen molar-refractivity contribution in [2.45, 2.75) is 31.5 Å². The molecular weight excluding hydrogens is 361 g/mol. The van der Waals surface area contributed by atoms with E-state index < -0.39 is 23.7 Å². The number of likely N-dealkylation sites (N-methyl/N-ethyl adjacent to an activating group) is 1. The monoisotopic (exact) mass is 380 g/mol. The minimum atomic E-state index is -4.46. The summed E-state index contributed by atoms with van der Waals surface area (Å²) in [4.78, 5) is 26.3. The van der Waals surface area contributed by atoms with E-state index in [1.807, 2.05) is 0 Å². The summed E-state index contributed by atoms with van der Waals surface area (Å²) in [5.41, 5.74) is -0.564. The summed E-state index contributed by atoms with van der Waals surface area (Å²) < 4.78 is 44.2. The molecule has 2 amide bonds. The van der Waals surface area contributed by atoms with Gasteiger partial charge in [0.15, 0.2) is 5.76 Å². The summed E-state index contributed by atoms with van der Waals surface area (Å²) in [6.07, 6.45) is -2.28. The molecule has 144 valence electrons. The number of hydrogen-bond donors (Lipinski definition) is 1. The highest BCUT2D eigenvalue weighted by Gasteiger charge is 2.34. The van der Waals surface area contributed by atoms with Crippen LogP contribution >= 0.6 is 0 Å². The predicted molar refractivity (Wildman–Crippen MR) is 91.9 cm³/mol. The second-order valence-corrected chi connectivity index (χ2v) is 6.37. The molecule has 1 saturated heterocycles. The van der Waals surface area contributed by atoms with E-state index in [0.29, 0.717) is 13.0 Å². The largest absolute Gasteiger partial charge is 0.451 e. The molecular formula is C19H19F3N2O3. The minimum Gasteiger partial charge on any atom is -0.451 e. The van der Waals surface area contributed by atoms with Crippen molar-refractivity contribution in [2.75, 3.05) is 13.6 Å². The van der Waals surface area contributed by atoms with Crippen LogP contribution < -0.4 is 5.32 Å². The highest BCUT2D eigenvalue weighted by Crippen LogP contribution is 2.33. The van der Waals surface area contributed by atoms with Gasteiger partial charge in [0, 0.05) is 19.2 Å². The molecule has 1 aromatic carbocycles. The lowest BCUT2D eigenvalue weighted by molar-refractivity contribution is -0.137. The van der Waals surface area contributed by atoms with Crippen LogP contribution in [0.15, 0.2) is 40.8 Å². The number of hydrogen-bond acceptors (Lipinski definition) is 3. The van der Waals surface area contributed by atoms with Gasteiger partial charge in [-0.15, -0.1) is 0 Å². The lowest BCUT2D eigenvalue weighted by Crippen LogP contribution is -2.51. The third-order valence-corrected chi connectivity index (χ3v) is 4.60. The third-order valence-electron chi connectivity index (χ3n) is 4.60. The predicted octanol–water partition coefficient (Wildman–Crippen LogP) is 3.71. The number of carbonyl (C=O) groups excluding carboxylic acids is 2. The van der Waals surface area contributed by atoms with Gasteiger partial charge in [0.25, 0.3) is 5.91 Å². The first-order valence-electron chi connectivity index (χ1n) is 8.61. The number of nitrogens with zero attached hydrogens (tertiary/aromatic N) is 1. The van der Waals surface area contributed by atoms with Gasteiger partial charge in [-0.05, 0) is 43.5 Å². The number of rotatable bonds is 3. The number of likely N-dealkylation sites (tertiary alicyclic amines) is 1. The number of halogens is 3. The smallest absolute Gasteiger partial charge is 0.416 e. The molecule has 8 heteroatoms. The Kier molecular flexibility index (Phi) is 5.25. The van der Waals surface area contributed by atoms with Crippen LogP contribution in [-0.2, 0) is 11.0 Å². The fraction of sp³-hybridized carbons (Fsp3) is 0.368. The Morgan fingerprint density at radius 1 is 1.19 bits per heavy atom. The van der Waals surface area contributed by atoms with Gasteiger partial charge in [-0.2, -0.15) is 13.2 Å². The maximum Gasteiger partial charge on any atom is 0.416 e. The molecule has 1 atom stereocenters. The van der Waals surface area contributed by atoms with Crippen molar-refractivity contribution in [1.82, 2.24) is 10.2 Å². The van der Waals surface area contributed by atoms with Gasteiger partial charge < -0.3 is 14.6 Å². The normalized spacial score (nSPS) is 17.6. The van der Waals surface area contributed by atoms with Crippen LogP contribution in [0.4, 0.5) is 13.2 Å². The molecule has 1 aliphatic rings. The van der Waals surface area contributed by atoms with Crippen molar-refractivity contribution in [3.05, 3.63) is 47.7 Å². The van der Waals surface area contributed by atoms with Crippen molar-refractivity contribution in [3.8, 4) is 11.3 Å². The number of piperidine rings is 1. The molecule has 2 heterocycles. The molecule has 1 aliphatic heterocycles. The van der Waals surface area contributed by atoms with E-state index >= 15 is 0 Å². The Labute approximate surface area is 154 Å². The Hall–Kier alpha value is -2.77. The van der Waals surface area contributed by atoms with Gasteiger partial charge >= 0.3 is 6.18 Å². The van der Waals surface area contributed by atoms with Crippen LogP contribution in [-0.4, -0.2) is 36.3 Å². The second-order valence-electron chi connectivity index (χ2n) is 6.37. The van der Waals surface area contributed by atoms with Gasteiger partial charge in [-0.1, -0.05) is 12.1 Å². The molecule has 0 bridgehead atoms. The zero-order valence-corrected chi connectivity index (χ0v) is 14.7. The van der Waals surface area contributed by atoms with Crippen molar-refractivity contribution < 1.29 is 27.2 Å². The van der Waals surface area contributed by atoms with Crippen LogP contribution in [0.3, 0.4) is 0 Å². The highest BCUT2D eigenvalue weighted by atomic mass is 19.4. The van der Waals surface area contributed by atoms with Crippen LogP contribution in [0.2, 0.25) is 0 Å². The molecule has 1 fully saturated rings. The molecule has 3 rings (SSSR count). The maximum atomic E-state index is 12.9. The Balaban J connectivity index is 1.85. The summed E-state index contributed by atoms with van der Waals surface area (Å²) in [7, 11) is 1.51. The quantitative estimate of drug-likeness (QED) is 0.883. The second kappa shape index (κ2) is 7.46. The van der Waals surface area contributed by atoms with E-state index in [-0.39, 0.29) is 23.0 Å². The summed E-state index contributed by atoms with van der Waals surface area (Å²) in [5, 5.41) is 2.55. The Morgan fingerprint density at radius 3 is 2.67 bits per heavy atom.